The number of sulfone groups is 1. The van der Waals surface area contributed by atoms with Crippen molar-refractivity contribution in [3.05, 3.63) is 48.0 Å². The van der Waals surface area contributed by atoms with E-state index in [1.807, 2.05) is 25.1 Å². The Morgan fingerprint density at radius 1 is 1.16 bits per heavy atom. The van der Waals surface area contributed by atoms with E-state index >= 15 is 0 Å². The Hall–Kier alpha value is -2.05. The van der Waals surface area contributed by atoms with E-state index in [0.29, 0.717) is 16.8 Å². The molecule has 2 aromatic carbocycles. The van der Waals surface area contributed by atoms with Crippen LogP contribution in [0.15, 0.2) is 47.4 Å². The summed E-state index contributed by atoms with van der Waals surface area (Å²) in [5.74, 6) is -0.768. The predicted octanol–water partition coefficient (Wildman–Crippen LogP) is 3.39. The summed E-state index contributed by atoms with van der Waals surface area (Å²) < 4.78 is 30.8. The lowest BCUT2D eigenvalue weighted by atomic mass is 10.0. The third-order valence-electron chi connectivity index (χ3n) is 4.00. The molecular weight excluding hydrogens is 362 g/mol. The van der Waals surface area contributed by atoms with E-state index < -0.39 is 21.1 Å². The second-order valence-corrected chi connectivity index (χ2v) is 7.60. The summed E-state index contributed by atoms with van der Waals surface area (Å²) >= 11 is 0. The largest absolute Gasteiger partial charge is 0.468 e. The molecule has 0 saturated heterocycles. The number of esters is 1. The van der Waals surface area contributed by atoms with Crippen LogP contribution in [-0.4, -0.2) is 26.7 Å². The molecular formula is C18H22ClNO4S. The Bertz CT molecular complexity index is 851. The van der Waals surface area contributed by atoms with Crippen LogP contribution in [0.2, 0.25) is 0 Å². The number of rotatable bonds is 5. The Kier molecular flexibility index (Phi) is 7.02. The Morgan fingerprint density at radius 3 is 2.28 bits per heavy atom. The van der Waals surface area contributed by atoms with Gasteiger partial charge in [-0.05, 0) is 30.5 Å². The minimum atomic E-state index is -3.94. The second-order valence-electron chi connectivity index (χ2n) is 5.50. The van der Waals surface area contributed by atoms with Crippen molar-refractivity contribution in [2.75, 3.05) is 12.8 Å². The van der Waals surface area contributed by atoms with Gasteiger partial charge < -0.3 is 10.5 Å². The van der Waals surface area contributed by atoms with Crippen LogP contribution in [0, 0.1) is 6.92 Å². The summed E-state index contributed by atoms with van der Waals surface area (Å²) in [4.78, 5) is 12.0. The number of hydrogen-bond acceptors (Lipinski definition) is 5. The number of nitrogens with two attached hydrogens (primary N) is 1. The van der Waals surface area contributed by atoms with E-state index in [2.05, 4.69) is 4.74 Å². The number of anilines is 1. The number of ether oxygens (including phenoxy) is 1. The zero-order valence-corrected chi connectivity index (χ0v) is 16.0. The van der Waals surface area contributed by atoms with Crippen molar-refractivity contribution in [1.29, 1.82) is 0 Å². The molecule has 0 aliphatic carbocycles. The van der Waals surface area contributed by atoms with Crippen LogP contribution in [-0.2, 0) is 19.4 Å². The first kappa shape index (κ1) is 21.0. The molecule has 2 N–H and O–H groups in total. The van der Waals surface area contributed by atoms with Gasteiger partial charge in [0.25, 0.3) is 0 Å². The number of benzene rings is 2. The molecule has 0 spiro atoms. The van der Waals surface area contributed by atoms with E-state index in [0.717, 1.165) is 5.56 Å². The van der Waals surface area contributed by atoms with Crippen molar-refractivity contribution in [2.24, 2.45) is 0 Å². The Balaban J connectivity index is 0.00000312. The van der Waals surface area contributed by atoms with Crippen LogP contribution in [0.25, 0.3) is 11.1 Å². The predicted molar refractivity (Wildman–Crippen MR) is 102 cm³/mol. The summed E-state index contributed by atoms with van der Waals surface area (Å²) in [7, 11) is -2.75. The van der Waals surface area contributed by atoms with Gasteiger partial charge in [0.2, 0.25) is 0 Å². The van der Waals surface area contributed by atoms with Crippen LogP contribution in [0.4, 0.5) is 5.69 Å². The number of methoxy groups -OCH3 is 1. The fourth-order valence-electron chi connectivity index (χ4n) is 2.64. The third-order valence-corrected chi connectivity index (χ3v) is 6.23. The highest BCUT2D eigenvalue weighted by Crippen LogP contribution is 2.37. The lowest BCUT2D eigenvalue weighted by molar-refractivity contribution is -0.140. The Morgan fingerprint density at radius 2 is 1.76 bits per heavy atom. The summed E-state index contributed by atoms with van der Waals surface area (Å²) in [6.07, 6.45) is 0.122. The average Bonchev–Trinajstić information content (AvgIpc) is 2.57. The number of nitrogen functional groups attached to an aromatic ring is 1. The standard InChI is InChI=1S/C18H21NO4S.ClH/c1-4-14(18(20)23-3)24(21,22)15-11-10-12(2)17(19)16(15)13-8-6-5-7-9-13;/h5-11,14H,4,19H2,1-3H3;1H. The first-order valence-corrected chi connectivity index (χ1v) is 9.15. The van der Waals surface area contributed by atoms with Gasteiger partial charge in [0, 0.05) is 11.3 Å². The van der Waals surface area contributed by atoms with Crippen LogP contribution in [0.5, 0.6) is 0 Å². The molecule has 2 rings (SSSR count). The molecule has 5 nitrogen and oxygen atoms in total. The molecule has 0 aromatic heterocycles. The number of carbonyl (C=O) groups is 1. The highest BCUT2D eigenvalue weighted by molar-refractivity contribution is 7.93. The van der Waals surface area contributed by atoms with Gasteiger partial charge in [-0.15, -0.1) is 12.4 Å². The lowest BCUT2D eigenvalue weighted by Gasteiger charge is -2.19. The lowest BCUT2D eigenvalue weighted by Crippen LogP contribution is -2.31. The minimum absolute atomic E-state index is 0. The monoisotopic (exact) mass is 383 g/mol. The van der Waals surface area contributed by atoms with E-state index in [4.69, 9.17) is 5.73 Å². The maximum atomic E-state index is 13.1. The van der Waals surface area contributed by atoms with Crippen LogP contribution >= 0.6 is 12.4 Å². The quantitative estimate of drug-likeness (QED) is 0.631. The molecule has 25 heavy (non-hydrogen) atoms. The fraction of sp³-hybridized carbons (Fsp3) is 0.278. The third kappa shape index (κ3) is 3.96. The number of hydrogen-bond donors (Lipinski definition) is 1. The molecule has 0 fully saturated rings. The van der Waals surface area contributed by atoms with Gasteiger partial charge >= 0.3 is 5.97 Å². The first-order valence-electron chi connectivity index (χ1n) is 7.60. The summed E-state index contributed by atoms with van der Waals surface area (Å²) in [5.41, 5.74) is 8.47. The normalized spacial score (nSPS) is 12.1. The number of aryl methyl sites for hydroxylation is 1. The zero-order chi connectivity index (χ0) is 17.9. The molecule has 0 bridgehead atoms. The molecule has 0 radical (unpaired) electrons. The topological polar surface area (TPSA) is 86.5 Å². The van der Waals surface area contributed by atoms with Gasteiger partial charge in [0.1, 0.15) is 0 Å². The molecule has 1 atom stereocenters. The summed E-state index contributed by atoms with van der Waals surface area (Å²) in [6.45, 7) is 3.45. The first-order chi connectivity index (χ1) is 11.3. The fourth-order valence-corrected chi connectivity index (χ4v) is 4.51. The molecule has 0 amide bonds. The summed E-state index contributed by atoms with van der Waals surface area (Å²) in [5, 5.41) is -1.26. The van der Waals surface area contributed by atoms with Gasteiger partial charge in [-0.2, -0.15) is 0 Å². The van der Waals surface area contributed by atoms with Crippen molar-refractivity contribution in [3.63, 3.8) is 0 Å². The van der Waals surface area contributed by atoms with E-state index in [9.17, 15) is 13.2 Å². The smallest absolute Gasteiger partial charge is 0.324 e. The maximum Gasteiger partial charge on any atom is 0.324 e. The minimum Gasteiger partial charge on any atom is -0.468 e. The molecule has 7 heteroatoms. The molecule has 2 aromatic rings. The SMILES string of the molecule is CCC(C(=O)OC)S(=O)(=O)c1ccc(C)c(N)c1-c1ccccc1.Cl. The molecule has 136 valence electrons. The van der Waals surface area contributed by atoms with Gasteiger partial charge in [-0.1, -0.05) is 43.3 Å². The molecule has 0 heterocycles. The van der Waals surface area contributed by atoms with Gasteiger partial charge in [-0.25, -0.2) is 8.42 Å². The van der Waals surface area contributed by atoms with Gasteiger partial charge in [0.15, 0.2) is 15.1 Å². The van der Waals surface area contributed by atoms with Crippen molar-refractivity contribution in [3.8, 4) is 11.1 Å². The highest BCUT2D eigenvalue weighted by atomic mass is 35.5. The molecule has 0 aliphatic heterocycles. The number of halogens is 1. The average molecular weight is 384 g/mol. The van der Waals surface area contributed by atoms with E-state index in [1.54, 1.807) is 25.1 Å². The van der Waals surface area contributed by atoms with Crippen molar-refractivity contribution >= 4 is 33.9 Å². The maximum absolute atomic E-state index is 13.1. The van der Waals surface area contributed by atoms with Crippen molar-refractivity contribution in [2.45, 2.75) is 30.4 Å². The van der Waals surface area contributed by atoms with Crippen LogP contribution in [0.1, 0.15) is 18.9 Å². The highest BCUT2D eigenvalue weighted by Gasteiger charge is 2.35. The van der Waals surface area contributed by atoms with Crippen molar-refractivity contribution in [1.82, 2.24) is 0 Å². The van der Waals surface area contributed by atoms with Crippen LogP contribution in [0.3, 0.4) is 0 Å². The molecule has 0 aliphatic rings. The van der Waals surface area contributed by atoms with Gasteiger partial charge in [0.05, 0.1) is 12.0 Å². The second kappa shape index (κ2) is 8.36. The Labute approximate surface area is 154 Å². The zero-order valence-electron chi connectivity index (χ0n) is 14.4. The van der Waals surface area contributed by atoms with E-state index in [-0.39, 0.29) is 23.7 Å². The molecule has 0 saturated carbocycles. The van der Waals surface area contributed by atoms with Crippen LogP contribution < -0.4 is 5.73 Å². The summed E-state index contributed by atoms with van der Waals surface area (Å²) in [6, 6.07) is 12.2. The van der Waals surface area contributed by atoms with Crippen molar-refractivity contribution < 1.29 is 17.9 Å². The number of carbonyl (C=O) groups excluding carboxylic acids is 1. The molecule has 1 unspecified atom stereocenters. The van der Waals surface area contributed by atoms with Gasteiger partial charge in [-0.3, -0.25) is 4.79 Å². The van der Waals surface area contributed by atoms with E-state index in [1.165, 1.54) is 13.2 Å².